The van der Waals surface area contributed by atoms with Gasteiger partial charge in [0.25, 0.3) is 0 Å². The minimum Gasteiger partial charge on any atom is -0.295 e. The van der Waals surface area contributed by atoms with E-state index in [0.717, 1.165) is 37.3 Å². The normalized spacial score (nSPS) is 18.2. The standard InChI is InChI=1S/C13H15ClN2/c14-12-5-3-11(4-6-12)9-16-13(10-15)7-1-2-8-13/h3-6,16H,1-2,7-9H2. The maximum atomic E-state index is 9.21. The van der Waals surface area contributed by atoms with Crippen molar-refractivity contribution in [1.29, 1.82) is 5.26 Å². The van der Waals surface area contributed by atoms with Crippen LogP contribution in [-0.4, -0.2) is 5.54 Å². The fourth-order valence-corrected chi connectivity index (χ4v) is 2.31. The van der Waals surface area contributed by atoms with Gasteiger partial charge in [0.05, 0.1) is 6.07 Å². The van der Waals surface area contributed by atoms with Crippen molar-refractivity contribution >= 4 is 11.6 Å². The number of nitrogens with one attached hydrogen (secondary N) is 1. The third kappa shape index (κ3) is 2.55. The first-order chi connectivity index (χ1) is 7.74. The van der Waals surface area contributed by atoms with Crippen LogP contribution in [0.1, 0.15) is 31.2 Å². The second-order valence-corrected chi connectivity index (χ2v) is 4.82. The van der Waals surface area contributed by atoms with Crippen LogP contribution >= 0.6 is 11.6 Å². The quantitative estimate of drug-likeness (QED) is 0.872. The number of halogens is 1. The molecule has 1 fully saturated rings. The average molecular weight is 235 g/mol. The second-order valence-electron chi connectivity index (χ2n) is 4.38. The fraction of sp³-hybridized carbons (Fsp3) is 0.462. The first kappa shape index (κ1) is 11.4. The molecule has 0 heterocycles. The molecule has 1 saturated carbocycles. The van der Waals surface area contributed by atoms with Crippen molar-refractivity contribution in [2.75, 3.05) is 0 Å². The molecule has 0 unspecified atom stereocenters. The van der Waals surface area contributed by atoms with Crippen LogP contribution in [-0.2, 0) is 6.54 Å². The van der Waals surface area contributed by atoms with Crippen molar-refractivity contribution in [2.24, 2.45) is 0 Å². The lowest BCUT2D eigenvalue weighted by molar-refractivity contribution is 0.421. The topological polar surface area (TPSA) is 35.8 Å². The number of rotatable bonds is 3. The number of nitrogens with zero attached hydrogens (tertiary/aromatic N) is 1. The Morgan fingerprint density at radius 2 is 1.88 bits per heavy atom. The van der Waals surface area contributed by atoms with Crippen molar-refractivity contribution < 1.29 is 0 Å². The van der Waals surface area contributed by atoms with E-state index >= 15 is 0 Å². The SMILES string of the molecule is N#CC1(NCc2ccc(Cl)cc2)CCCC1. The van der Waals surface area contributed by atoms with Crippen LogP contribution in [0.4, 0.5) is 0 Å². The third-order valence-corrected chi connectivity index (χ3v) is 3.47. The summed E-state index contributed by atoms with van der Waals surface area (Å²) in [6.07, 6.45) is 4.25. The molecule has 0 radical (unpaired) electrons. The highest BCUT2D eigenvalue weighted by atomic mass is 35.5. The molecule has 0 saturated heterocycles. The monoisotopic (exact) mass is 234 g/mol. The van der Waals surface area contributed by atoms with Gasteiger partial charge in [-0.05, 0) is 30.5 Å². The number of nitriles is 1. The molecule has 1 aliphatic carbocycles. The van der Waals surface area contributed by atoms with Crippen molar-refractivity contribution in [3.63, 3.8) is 0 Å². The summed E-state index contributed by atoms with van der Waals surface area (Å²) >= 11 is 5.82. The Morgan fingerprint density at radius 1 is 1.25 bits per heavy atom. The minimum atomic E-state index is -0.292. The van der Waals surface area contributed by atoms with E-state index in [9.17, 15) is 5.26 Å². The van der Waals surface area contributed by atoms with E-state index in [2.05, 4.69) is 11.4 Å². The first-order valence-electron chi connectivity index (χ1n) is 5.65. The molecule has 2 rings (SSSR count). The van der Waals surface area contributed by atoms with Gasteiger partial charge in [-0.1, -0.05) is 36.6 Å². The maximum absolute atomic E-state index is 9.21. The molecule has 1 aromatic carbocycles. The summed E-state index contributed by atoms with van der Waals surface area (Å²) < 4.78 is 0. The zero-order chi connectivity index (χ0) is 11.4. The van der Waals surface area contributed by atoms with Crippen molar-refractivity contribution in [3.05, 3.63) is 34.9 Å². The lowest BCUT2D eigenvalue weighted by Gasteiger charge is -2.22. The fourth-order valence-electron chi connectivity index (χ4n) is 2.18. The Morgan fingerprint density at radius 3 is 2.44 bits per heavy atom. The van der Waals surface area contributed by atoms with Gasteiger partial charge < -0.3 is 0 Å². The highest BCUT2D eigenvalue weighted by Gasteiger charge is 2.32. The number of hydrogen-bond acceptors (Lipinski definition) is 2. The van der Waals surface area contributed by atoms with Gasteiger partial charge in [0.15, 0.2) is 0 Å². The Kier molecular flexibility index (Phi) is 3.48. The molecule has 1 aliphatic rings. The van der Waals surface area contributed by atoms with E-state index in [1.165, 1.54) is 5.56 Å². The first-order valence-corrected chi connectivity index (χ1v) is 6.03. The lowest BCUT2D eigenvalue weighted by Crippen LogP contribution is -2.40. The molecule has 0 atom stereocenters. The van der Waals surface area contributed by atoms with E-state index in [1.807, 2.05) is 24.3 Å². The van der Waals surface area contributed by atoms with Crippen molar-refractivity contribution in [1.82, 2.24) is 5.32 Å². The Hall–Kier alpha value is -1.04. The summed E-state index contributed by atoms with van der Waals surface area (Å²) in [5.41, 5.74) is 0.880. The summed E-state index contributed by atoms with van der Waals surface area (Å²) in [6.45, 7) is 0.741. The molecule has 0 bridgehead atoms. The smallest absolute Gasteiger partial charge is 0.107 e. The van der Waals surface area contributed by atoms with Crippen molar-refractivity contribution in [3.8, 4) is 6.07 Å². The van der Waals surface area contributed by atoms with Crippen LogP contribution in [0.5, 0.6) is 0 Å². The van der Waals surface area contributed by atoms with E-state index < -0.39 is 0 Å². The number of hydrogen-bond donors (Lipinski definition) is 1. The molecular formula is C13H15ClN2. The zero-order valence-electron chi connectivity index (χ0n) is 9.17. The zero-order valence-corrected chi connectivity index (χ0v) is 9.93. The molecule has 0 aliphatic heterocycles. The van der Waals surface area contributed by atoms with Gasteiger partial charge in [0, 0.05) is 11.6 Å². The summed E-state index contributed by atoms with van der Waals surface area (Å²) in [7, 11) is 0. The van der Waals surface area contributed by atoms with Crippen LogP contribution in [0.25, 0.3) is 0 Å². The Bertz CT molecular complexity index is 385. The van der Waals surface area contributed by atoms with Crippen LogP contribution in [0, 0.1) is 11.3 Å². The highest BCUT2D eigenvalue weighted by Crippen LogP contribution is 2.29. The Labute approximate surface area is 101 Å². The van der Waals surface area contributed by atoms with E-state index in [-0.39, 0.29) is 5.54 Å². The molecule has 0 aromatic heterocycles. The van der Waals surface area contributed by atoms with Crippen molar-refractivity contribution in [2.45, 2.75) is 37.8 Å². The van der Waals surface area contributed by atoms with Crippen LogP contribution in [0.3, 0.4) is 0 Å². The largest absolute Gasteiger partial charge is 0.295 e. The molecule has 84 valence electrons. The lowest BCUT2D eigenvalue weighted by atomic mass is 9.99. The molecule has 1 aromatic rings. The maximum Gasteiger partial charge on any atom is 0.107 e. The Balaban J connectivity index is 1.96. The molecule has 0 spiro atoms. The summed E-state index contributed by atoms with van der Waals surface area (Å²) in [4.78, 5) is 0. The van der Waals surface area contributed by atoms with Gasteiger partial charge in [-0.3, -0.25) is 5.32 Å². The molecule has 16 heavy (non-hydrogen) atoms. The molecule has 2 nitrogen and oxygen atoms in total. The average Bonchev–Trinajstić information content (AvgIpc) is 2.78. The van der Waals surface area contributed by atoms with Gasteiger partial charge in [-0.2, -0.15) is 5.26 Å². The van der Waals surface area contributed by atoms with E-state index in [0.29, 0.717) is 0 Å². The van der Waals surface area contributed by atoms with Gasteiger partial charge in [0.2, 0.25) is 0 Å². The van der Waals surface area contributed by atoms with E-state index in [4.69, 9.17) is 11.6 Å². The van der Waals surface area contributed by atoms with Gasteiger partial charge >= 0.3 is 0 Å². The van der Waals surface area contributed by atoms with Crippen LogP contribution in [0.15, 0.2) is 24.3 Å². The minimum absolute atomic E-state index is 0.292. The van der Waals surface area contributed by atoms with Gasteiger partial charge in [-0.25, -0.2) is 0 Å². The van der Waals surface area contributed by atoms with Gasteiger partial charge in [0.1, 0.15) is 5.54 Å². The predicted octanol–water partition coefficient (Wildman–Crippen LogP) is 3.27. The summed E-state index contributed by atoms with van der Waals surface area (Å²) in [5.74, 6) is 0. The molecule has 3 heteroatoms. The van der Waals surface area contributed by atoms with Crippen LogP contribution < -0.4 is 5.32 Å². The molecule has 0 amide bonds. The number of benzene rings is 1. The third-order valence-electron chi connectivity index (χ3n) is 3.22. The van der Waals surface area contributed by atoms with Crippen LogP contribution in [0.2, 0.25) is 5.02 Å². The predicted molar refractivity (Wildman–Crippen MR) is 65.1 cm³/mol. The molecular weight excluding hydrogens is 220 g/mol. The summed E-state index contributed by atoms with van der Waals surface area (Å²) in [6, 6.07) is 10.2. The molecule has 1 N–H and O–H groups in total. The second kappa shape index (κ2) is 4.86. The van der Waals surface area contributed by atoms with E-state index in [1.54, 1.807) is 0 Å². The van der Waals surface area contributed by atoms with Gasteiger partial charge in [-0.15, -0.1) is 0 Å². The highest BCUT2D eigenvalue weighted by molar-refractivity contribution is 6.30. The summed E-state index contributed by atoms with van der Waals surface area (Å²) in [5, 5.41) is 13.3.